The number of halogens is 1. The lowest BCUT2D eigenvalue weighted by Gasteiger charge is -2.33. The van der Waals surface area contributed by atoms with Gasteiger partial charge in [0.15, 0.2) is 0 Å². The number of ether oxygens (including phenoxy) is 1. The van der Waals surface area contributed by atoms with Gasteiger partial charge < -0.3 is 4.74 Å². The van der Waals surface area contributed by atoms with E-state index in [1.54, 1.807) is 0 Å². The molecule has 0 aliphatic carbocycles. The third kappa shape index (κ3) is 2.86. The van der Waals surface area contributed by atoms with E-state index in [1.807, 2.05) is 6.92 Å². The second kappa shape index (κ2) is 3.56. The Morgan fingerprint density at radius 1 is 1.50 bits per heavy atom. The highest BCUT2D eigenvalue weighted by atomic mass is 35.5. The lowest BCUT2D eigenvalue weighted by atomic mass is 9.94. The normalized spacial score (nSPS) is 30.9. The Balaban J connectivity index is 0.000000810. The molecule has 1 heterocycles. The van der Waals surface area contributed by atoms with Crippen LogP contribution in [-0.4, -0.2) is 19.4 Å². The summed E-state index contributed by atoms with van der Waals surface area (Å²) in [6, 6.07) is 0. The minimum absolute atomic E-state index is 0. The number of hydrogen-bond acceptors (Lipinski definition) is 2. The van der Waals surface area contributed by atoms with Crippen molar-refractivity contribution >= 4 is 12.4 Å². The fraction of sp³-hybridized carbons (Fsp3) is 1.00. The first kappa shape index (κ1) is 10.2. The van der Waals surface area contributed by atoms with Gasteiger partial charge >= 0.3 is 0 Å². The van der Waals surface area contributed by atoms with Crippen LogP contribution in [0.4, 0.5) is 0 Å². The van der Waals surface area contributed by atoms with Crippen molar-refractivity contribution in [2.75, 3.05) is 13.2 Å². The first-order valence-corrected chi connectivity index (χ1v) is 3.45. The van der Waals surface area contributed by atoms with Crippen molar-refractivity contribution in [3.05, 3.63) is 0 Å². The molecule has 1 saturated heterocycles. The molecule has 0 radical (unpaired) electrons. The van der Waals surface area contributed by atoms with Crippen LogP contribution >= 0.6 is 12.4 Å². The van der Waals surface area contributed by atoms with Gasteiger partial charge in [-0.2, -0.15) is 0 Å². The molecular weight excluding hydrogens is 150 g/mol. The smallest absolute Gasteiger partial charge is 0.105 e. The molecule has 0 amide bonds. The number of hydrogen-bond donors (Lipinski definition) is 1. The molecule has 1 unspecified atom stereocenters. The molecule has 1 fully saturated rings. The van der Waals surface area contributed by atoms with E-state index < -0.39 is 0 Å². The standard InChI is InChI=1S/C7H15NO.ClH/c1-6-8-4-7(2,3)5-9-6;/h6,8H,4-5H2,1-3H3;1H. The van der Waals surface area contributed by atoms with E-state index >= 15 is 0 Å². The largest absolute Gasteiger partial charge is 0.363 e. The molecule has 2 nitrogen and oxygen atoms in total. The molecular formula is C7H16ClNO. The molecule has 0 aromatic carbocycles. The van der Waals surface area contributed by atoms with E-state index in [1.165, 1.54) is 0 Å². The van der Waals surface area contributed by atoms with Crippen LogP contribution in [0.2, 0.25) is 0 Å². The molecule has 0 bridgehead atoms. The van der Waals surface area contributed by atoms with Gasteiger partial charge in [-0.15, -0.1) is 12.4 Å². The zero-order valence-electron chi connectivity index (χ0n) is 6.81. The summed E-state index contributed by atoms with van der Waals surface area (Å²) in [5.41, 5.74) is 0.326. The Morgan fingerprint density at radius 3 is 2.40 bits per heavy atom. The monoisotopic (exact) mass is 165 g/mol. The molecule has 1 aliphatic rings. The van der Waals surface area contributed by atoms with Crippen LogP contribution < -0.4 is 5.32 Å². The van der Waals surface area contributed by atoms with E-state index in [0.717, 1.165) is 13.2 Å². The maximum atomic E-state index is 5.38. The average molecular weight is 166 g/mol. The summed E-state index contributed by atoms with van der Waals surface area (Å²) in [6.45, 7) is 8.38. The maximum absolute atomic E-state index is 5.38. The Kier molecular flexibility index (Phi) is 3.63. The molecule has 0 saturated carbocycles. The van der Waals surface area contributed by atoms with Gasteiger partial charge in [-0.3, -0.25) is 5.32 Å². The van der Waals surface area contributed by atoms with Gasteiger partial charge in [0.05, 0.1) is 6.61 Å². The van der Waals surface area contributed by atoms with Gasteiger partial charge in [0, 0.05) is 12.0 Å². The molecule has 1 N–H and O–H groups in total. The van der Waals surface area contributed by atoms with E-state index in [4.69, 9.17) is 4.74 Å². The van der Waals surface area contributed by atoms with Crippen molar-refractivity contribution in [2.45, 2.75) is 27.0 Å². The zero-order chi connectivity index (χ0) is 6.91. The highest BCUT2D eigenvalue weighted by Crippen LogP contribution is 2.18. The molecule has 10 heavy (non-hydrogen) atoms. The molecule has 0 aromatic rings. The Hall–Kier alpha value is 0.210. The Bertz CT molecular complexity index is 95.8. The topological polar surface area (TPSA) is 21.3 Å². The fourth-order valence-electron chi connectivity index (χ4n) is 0.881. The van der Waals surface area contributed by atoms with Gasteiger partial charge in [0.1, 0.15) is 6.23 Å². The first-order valence-electron chi connectivity index (χ1n) is 3.45. The second-order valence-electron chi connectivity index (χ2n) is 3.50. The summed E-state index contributed by atoms with van der Waals surface area (Å²) in [5, 5.41) is 3.25. The van der Waals surface area contributed by atoms with Crippen LogP contribution in [0.3, 0.4) is 0 Å². The van der Waals surface area contributed by atoms with Crippen molar-refractivity contribution in [3.8, 4) is 0 Å². The van der Waals surface area contributed by atoms with Gasteiger partial charge in [0.2, 0.25) is 0 Å². The van der Waals surface area contributed by atoms with Crippen LogP contribution in [0.25, 0.3) is 0 Å². The van der Waals surface area contributed by atoms with Gasteiger partial charge in [-0.25, -0.2) is 0 Å². The van der Waals surface area contributed by atoms with E-state index in [9.17, 15) is 0 Å². The van der Waals surface area contributed by atoms with Gasteiger partial charge in [-0.1, -0.05) is 13.8 Å². The summed E-state index contributed by atoms with van der Waals surface area (Å²) >= 11 is 0. The van der Waals surface area contributed by atoms with Crippen LogP contribution in [0, 0.1) is 5.41 Å². The molecule has 0 aromatic heterocycles. The molecule has 3 heteroatoms. The lowest BCUT2D eigenvalue weighted by molar-refractivity contribution is -0.0476. The number of rotatable bonds is 0. The molecule has 1 atom stereocenters. The number of nitrogens with one attached hydrogen (secondary N) is 1. The zero-order valence-corrected chi connectivity index (χ0v) is 7.62. The summed E-state index contributed by atoms with van der Waals surface area (Å²) in [4.78, 5) is 0. The van der Waals surface area contributed by atoms with Crippen molar-refractivity contribution in [1.82, 2.24) is 5.32 Å². The molecule has 1 aliphatic heterocycles. The lowest BCUT2D eigenvalue weighted by Crippen LogP contribution is -2.46. The summed E-state index contributed by atoms with van der Waals surface area (Å²) < 4.78 is 5.38. The van der Waals surface area contributed by atoms with Crippen molar-refractivity contribution in [1.29, 1.82) is 0 Å². The van der Waals surface area contributed by atoms with E-state index in [-0.39, 0.29) is 18.6 Å². The Labute approximate surface area is 68.7 Å². The predicted octanol–water partition coefficient (Wildman–Crippen LogP) is 1.40. The highest BCUT2D eigenvalue weighted by Gasteiger charge is 2.24. The van der Waals surface area contributed by atoms with E-state index in [2.05, 4.69) is 19.2 Å². The summed E-state index contributed by atoms with van der Waals surface area (Å²) in [7, 11) is 0. The van der Waals surface area contributed by atoms with Crippen LogP contribution in [0.1, 0.15) is 20.8 Å². The fourth-order valence-corrected chi connectivity index (χ4v) is 0.881. The van der Waals surface area contributed by atoms with Crippen LogP contribution in [0.15, 0.2) is 0 Å². The average Bonchev–Trinajstić information content (AvgIpc) is 1.78. The minimum atomic E-state index is 0. The predicted molar refractivity (Wildman–Crippen MR) is 44.4 cm³/mol. The minimum Gasteiger partial charge on any atom is -0.363 e. The van der Waals surface area contributed by atoms with Gasteiger partial charge in [0.25, 0.3) is 0 Å². The van der Waals surface area contributed by atoms with Crippen LogP contribution in [-0.2, 0) is 4.74 Å². The third-order valence-electron chi connectivity index (χ3n) is 1.59. The Morgan fingerprint density at radius 2 is 2.10 bits per heavy atom. The van der Waals surface area contributed by atoms with E-state index in [0.29, 0.717) is 5.41 Å². The van der Waals surface area contributed by atoms with Crippen molar-refractivity contribution in [3.63, 3.8) is 0 Å². The summed E-state index contributed by atoms with van der Waals surface area (Å²) in [6.07, 6.45) is 0.248. The molecule has 62 valence electrons. The van der Waals surface area contributed by atoms with Crippen molar-refractivity contribution in [2.24, 2.45) is 5.41 Å². The maximum Gasteiger partial charge on any atom is 0.105 e. The van der Waals surface area contributed by atoms with Crippen LogP contribution in [0.5, 0.6) is 0 Å². The second-order valence-corrected chi connectivity index (χ2v) is 3.50. The third-order valence-corrected chi connectivity index (χ3v) is 1.59. The van der Waals surface area contributed by atoms with Crippen molar-refractivity contribution < 1.29 is 4.74 Å². The SMILES string of the molecule is CC1NCC(C)(C)CO1.Cl. The molecule has 1 rings (SSSR count). The highest BCUT2D eigenvalue weighted by molar-refractivity contribution is 5.85. The van der Waals surface area contributed by atoms with Gasteiger partial charge in [-0.05, 0) is 6.92 Å². The first-order chi connectivity index (χ1) is 4.10. The quantitative estimate of drug-likeness (QED) is 0.586. The summed E-state index contributed by atoms with van der Waals surface area (Å²) in [5.74, 6) is 0. The molecule has 0 spiro atoms.